The van der Waals surface area contributed by atoms with Crippen LogP contribution in [0.1, 0.15) is 16.8 Å². The molecule has 0 unspecified atom stereocenters. The number of rotatable bonds is 4. The average molecular weight is 258 g/mol. The molecule has 2 aromatic rings. The Kier molecular flexibility index (Phi) is 4.26. The molecule has 18 heavy (non-hydrogen) atoms. The van der Waals surface area contributed by atoms with Crippen LogP contribution in [0.2, 0.25) is 0 Å². The lowest BCUT2D eigenvalue weighted by molar-refractivity contribution is 1.16. The number of hydrogen-bond donors (Lipinski definition) is 1. The molecule has 2 rings (SSSR count). The molecule has 0 spiro atoms. The summed E-state index contributed by atoms with van der Waals surface area (Å²) in [5.41, 5.74) is 3.74. The van der Waals surface area contributed by atoms with E-state index in [0.29, 0.717) is 0 Å². The van der Waals surface area contributed by atoms with Crippen LogP contribution in [0, 0.1) is 13.8 Å². The number of benzene rings is 1. The predicted octanol–water partition coefficient (Wildman–Crippen LogP) is 4.03. The van der Waals surface area contributed by atoms with E-state index in [1.165, 1.54) is 16.0 Å². The maximum Gasteiger partial charge on any atom is 0.125 e. The summed E-state index contributed by atoms with van der Waals surface area (Å²) in [5, 5.41) is 3.07. The van der Waals surface area contributed by atoms with E-state index >= 15 is 0 Å². The van der Waals surface area contributed by atoms with Gasteiger partial charge in [-0.25, -0.2) is 4.98 Å². The zero-order valence-electron chi connectivity index (χ0n) is 11.0. The van der Waals surface area contributed by atoms with Crippen LogP contribution in [0.5, 0.6) is 0 Å². The Morgan fingerprint density at radius 3 is 2.78 bits per heavy atom. The molecule has 1 aromatic carbocycles. The van der Waals surface area contributed by atoms with E-state index in [2.05, 4.69) is 48.4 Å². The second kappa shape index (κ2) is 5.91. The van der Waals surface area contributed by atoms with E-state index in [-0.39, 0.29) is 0 Å². The fourth-order valence-corrected chi connectivity index (χ4v) is 2.74. The minimum Gasteiger partial charge on any atom is -0.373 e. The van der Waals surface area contributed by atoms with Gasteiger partial charge in [-0.3, -0.25) is 0 Å². The lowest BCUT2D eigenvalue weighted by Crippen LogP contribution is -1.95. The van der Waals surface area contributed by atoms with Crippen molar-refractivity contribution in [2.75, 3.05) is 12.4 Å². The minimum atomic E-state index is 0.903. The van der Waals surface area contributed by atoms with Crippen molar-refractivity contribution in [1.29, 1.82) is 0 Å². The number of aryl methyl sites for hydroxylation is 2. The normalized spacial score (nSPS) is 10.4. The van der Waals surface area contributed by atoms with Crippen LogP contribution in [0.25, 0.3) is 0 Å². The second-order valence-corrected chi connectivity index (χ2v) is 5.34. The summed E-state index contributed by atoms with van der Waals surface area (Å²) in [4.78, 5) is 5.87. The quantitative estimate of drug-likeness (QED) is 0.838. The van der Waals surface area contributed by atoms with Gasteiger partial charge in [-0.2, -0.15) is 0 Å². The van der Waals surface area contributed by atoms with Gasteiger partial charge in [0.1, 0.15) is 5.82 Å². The highest BCUT2D eigenvalue weighted by molar-refractivity contribution is 7.98. The Morgan fingerprint density at radius 1 is 1.17 bits per heavy atom. The van der Waals surface area contributed by atoms with Gasteiger partial charge in [0, 0.05) is 17.7 Å². The zero-order chi connectivity index (χ0) is 13.0. The van der Waals surface area contributed by atoms with Gasteiger partial charge in [0.25, 0.3) is 0 Å². The molecular weight excluding hydrogens is 240 g/mol. The number of aromatic nitrogens is 1. The highest BCUT2D eigenvalue weighted by atomic mass is 32.2. The maximum absolute atomic E-state index is 4.53. The molecule has 1 heterocycles. The van der Waals surface area contributed by atoms with Crippen molar-refractivity contribution in [2.45, 2.75) is 24.5 Å². The number of anilines is 1. The van der Waals surface area contributed by atoms with E-state index < -0.39 is 0 Å². The Balaban J connectivity index is 2.08. The summed E-state index contributed by atoms with van der Waals surface area (Å²) in [7, 11) is 1.89. The van der Waals surface area contributed by atoms with Crippen molar-refractivity contribution >= 4 is 17.6 Å². The lowest BCUT2D eigenvalue weighted by Gasteiger charge is -2.07. The van der Waals surface area contributed by atoms with Crippen molar-refractivity contribution < 1.29 is 0 Å². The third-order valence-corrected chi connectivity index (χ3v) is 3.97. The fourth-order valence-electron chi connectivity index (χ4n) is 1.71. The molecule has 0 aliphatic rings. The average Bonchev–Trinajstić information content (AvgIpc) is 2.40. The number of nitrogens with zero attached hydrogens (tertiary/aromatic N) is 1. The smallest absolute Gasteiger partial charge is 0.125 e. The lowest BCUT2D eigenvalue weighted by atomic mass is 10.2. The molecule has 1 N–H and O–H groups in total. The number of hydrogen-bond acceptors (Lipinski definition) is 3. The molecule has 0 aliphatic heterocycles. The summed E-state index contributed by atoms with van der Waals surface area (Å²) < 4.78 is 0. The van der Waals surface area contributed by atoms with Crippen molar-refractivity contribution in [2.24, 2.45) is 0 Å². The van der Waals surface area contributed by atoms with Crippen molar-refractivity contribution in [3.05, 3.63) is 53.2 Å². The molecule has 0 saturated carbocycles. The second-order valence-electron chi connectivity index (χ2n) is 4.32. The van der Waals surface area contributed by atoms with Crippen molar-refractivity contribution in [1.82, 2.24) is 4.98 Å². The Bertz CT molecular complexity index is 538. The molecule has 0 saturated heterocycles. The first-order valence-electron chi connectivity index (χ1n) is 6.03. The molecule has 2 nitrogen and oxygen atoms in total. The maximum atomic E-state index is 4.53. The Labute approximate surface area is 113 Å². The topological polar surface area (TPSA) is 24.9 Å². The van der Waals surface area contributed by atoms with Gasteiger partial charge in [0.05, 0.1) is 5.69 Å². The van der Waals surface area contributed by atoms with Crippen LogP contribution < -0.4 is 5.32 Å². The Morgan fingerprint density at radius 2 is 2.00 bits per heavy atom. The SMILES string of the molecule is CNc1cccc(CSc2cc(C)ccc2C)n1. The highest BCUT2D eigenvalue weighted by Crippen LogP contribution is 2.26. The van der Waals surface area contributed by atoms with E-state index in [1.54, 1.807) is 0 Å². The molecule has 0 amide bonds. The number of nitrogens with one attached hydrogen (secondary N) is 1. The standard InChI is InChI=1S/C15H18N2S/c1-11-7-8-12(2)14(9-11)18-10-13-5-4-6-15(16-3)17-13/h4-9H,10H2,1-3H3,(H,16,17). The molecule has 0 aliphatic carbocycles. The minimum absolute atomic E-state index is 0.903. The van der Waals surface area contributed by atoms with E-state index in [0.717, 1.165) is 17.3 Å². The first kappa shape index (κ1) is 13.0. The largest absolute Gasteiger partial charge is 0.373 e. The predicted molar refractivity (Wildman–Crippen MR) is 79.3 cm³/mol. The highest BCUT2D eigenvalue weighted by Gasteiger charge is 2.02. The van der Waals surface area contributed by atoms with Crippen LogP contribution in [-0.4, -0.2) is 12.0 Å². The number of thioether (sulfide) groups is 1. The molecule has 0 fully saturated rings. The summed E-state index contributed by atoms with van der Waals surface area (Å²) in [5.74, 6) is 1.83. The van der Waals surface area contributed by atoms with Gasteiger partial charge in [-0.05, 0) is 37.6 Å². The molecular formula is C15H18N2S. The van der Waals surface area contributed by atoms with E-state index in [9.17, 15) is 0 Å². The summed E-state index contributed by atoms with van der Waals surface area (Å²) >= 11 is 1.84. The zero-order valence-corrected chi connectivity index (χ0v) is 11.8. The third kappa shape index (κ3) is 3.26. The van der Waals surface area contributed by atoms with Crippen molar-refractivity contribution in [3.8, 4) is 0 Å². The first-order chi connectivity index (χ1) is 8.69. The third-order valence-electron chi connectivity index (χ3n) is 2.78. The Hall–Kier alpha value is -1.48. The molecule has 94 valence electrons. The molecule has 1 aromatic heterocycles. The van der Waals surface area contributed by atoms with Gasteiger partial charge in [0.15, 0.2) is 0 Å². The monoisotopic (exact) mass is 258 g/mol. The van der Waals surface area contributed by atoms with Gasteiger partial charge < -0.3 is 5.32 Å². The van der Waals surface area contributed by atoms with E-state index in [1.807, 2.05) is 30.9 Å². The molecule has 3 heteroatoms. The fraction of sp³-hybridized carbons (Fsp3) is 0.267. The van der Waals surface area contributed by atoms with Crippen LogP contribution in [0.15, 0.2) is 41.3 Å². The van der Waals surface area contributed by atoms with Crippen LogP contribution in [-0.2, 0) is 5.75 Å². The van der Waals surface area contributed by atoms with Crippen LogP contribution in [0.3, 0.4) is 0 Å². The molecule has 0 radical (unpaired) electrons. The van der Waals surface area contributed by atoms with Gasteiger partial charge >= 0.3 is 0 Å². The summed E-state index contributed by atoms with van der Waals surface area (Å²) in [6.45, 7) is 4.28. The van der Waals surface area contributed by atoms with Gasteiger partial charge in [-0.1, -0.05) is 23.8 Å². The summed E-state index contributed by atoms with van der Waals surface area (Å²) in [6.07, 6.45) is 0. The van der Waals surface area contributed by atoms with Gasteiger partial charge in [0.2, 0.25) is 0 Å². The molecule has 0 atom stereocenters. The first-order valence-corrected chi connectivity index (χ1v) is 7.01. The number of pyridine rings is 1. The van der Waals surface area contributed by atoms with Crippen molar-refractivity contribution in [3.63, 3.8) is 0 Å². The summed E-state index contributed by atoms with van der Waals surface area (Å²) in [6, 6.07) is 12.7. The van der Waals surface area contributed by atoms with Gasteiger partial charge in [-0.15, -0.1) is 11.8 Å². The van der Waals surface area contributed by atoms with Crippen LogP contribution >= 0.6 is 11.8 Å². The van der Waals surface area contributed by atoms with E-state index in [4.69, 9.17) is 0 Å². The van der Waals surface area contributed by atoms with Crippen LogP contribution in [0.4, 0.5) is 5.82 Å². The molecule has 0 bridgehead atoms.